The number of hydrogen-bond donors (Lipinski definition) is 0. The summed E-state index contributed by atoms with van der Waals surface area (Å²) in [7, 11) is 0. The molecule has 1 saturated heterocycles. The van der Waals surface area contributed by atoms with Gasteiger partial charge < -0.3 is 4.74 Å². The molecule has 0 N–H and O–H groups in total. The van der Waals surface area contributed by atoms with Gasteiger partial charge in [-0.25, -0.2) is 0 Å². The molecule has 0 aliphatic carbocycles. The lowest BCUT2D eigenvalue weighted by Gasteiger charge is -2.30. The average molecular weight is 318 g/mol. The highest BCUT2D eigenvalue weighted by molar-refractivity contribution is 9.10. The van der Waals surface area contributed by atoms with E-state index in [-0.39, 0.29) is 11.0 Å². The first-order chi connectivity index (χ1) is 7.94. The summed E-state index contributed by atoms with van der Waals surface area (Å²) in [6.07, 6.45) is 2.14. The maximum atomic E-state index is 6.64. The molecular formula is C14H18BrClO. The van der Waals surface area contributed by atoms with E-state index in [0.717, 1.165) is 23.9 Å². The molecule has 0 radical (unpaired) electrons. The number of ether oxygens (including phenoxy) is 1. The summed E-state index contributed by atoms with van der Waals surface area (Å²) < 4.78 is 6.98. The molecule has 1 aromatic carbocycles. The van der Waals surface area contributed by atoms with Crippen LogP contribution in [-0.4, -0.2) is 12.2 Å². The Bertz CT molecular complexity index is 424. The van der Waals surface area contributed by atoms with Crippen molar-refractivity contribution in [1.29, 1.82) is 0 Å². The molecule has 0 aromatic heterocycles. The van der Waals surface area contributed by atoms with Gasteiger partial charge in [-0.2, -0.15) is 0 Å². The number of benzene rings is 1. The van der Waals surface area contributed by atoms with Gasteiger partial charge in [0, 0.05) is 11.1 Å². The normalized spacial score (nSPS) is 26.2. The molecule has 1 aromatic rings. The Hall–Kier alpha value is -0.0500. The second kappa shape index (κ2) is 4.91. The molecule has 1 aliphatic rings. The first kappa shape index (κ1) is 13.4. The van der Waals surface area contributed by atoms with E-state index in [1.54, 1.807) is 0 Å². The molecule has 1 fully saturated rings. The van der Waals surface area contributed by atoms with Crippen molar-refractivity contribution in [1.82, 2.24) is 0 Å². The van der Waals surface area contributed by atoms with Crippen LogP contribution >= 0.6 is 27.5 Å². The summed E-state index contributed by atoms with van der Waals surface area (Å²) in [4.78, 5) is 0. The van der Waals surface area contributed by atoms with E-state index in [9.17, 15) is 0 Å². The minimum atomic E-state index is -0.216. The van der Waals surface area contributed by atoms with Crippen molar-refractivity contribution in [3.8, 4) is 0 Å². The lowest BCUT2D eigenvalue weighted by atomic mass is 9.90. The summed E-state index contributed by atoms with van der Waals surface area (Å²) in [5, 5.41) is -0.0724. The predicted octanol–water partition coefficient (Wildman–Crippen LogP) is 4.91. The van der Waals surface area contributed by atoms with E-state index in [1.165, 1.54) is 16.7 Å². The Morgan fingerprint density at radius 2 is 2.06 bits per heavy atom. The Morgan fingerprint density at radius 1 is 1.35 bits per heavy atom. The molecule has 1 heterocycles. The third-order valence-corrected chi connectivity index (χ3v) is 5.16. The molecule has 17 heavy (non-hydrogen) atoms. The molecule has 1 nitrogen and oxygen atoms in total. The maximum Gasteiger partial charge on any atom is 0.0875 e. The number of aryl methyl sites for hydroxylation is 2. The van der Waals surface area contributed by atoms with Gasteiger partial charge in [-0.1, -0.05) is 22.0 Å². The van der Waals surface area contributed by atoms with Crippen LogP contribution in [0.15, 0.2) is 16.6 Å². The highest BCUT2D eigenvalue weighted by Gasteiger charge is 2.38. The zero-order valence-electron chi connectivity index (χ0n) is 10.5. The minimum absolute atomic E-state index is 0.0724. The maximum absolute atomic E-state index is 6.64. The number of rotatable bonds is 2. The van der Waals surface area contributed by atoms with Crippen LogP contribution in [0, 0.1) is 13.8 Å². The van der Waals surface area contributed by atoms with Crippen LogP contribution in [0.3, 0.4) is 0 Å². The van der Waals surface area contributed by atoms with Gasteiger partial charge >= 0.3 is 0 Å². The lowest BCUT2D eigenvalue weighted by molar-refractivity contribution is 0.0163. The van der Waals surface area contributed by atoms with Crippen molar-refractivity contribution in [3.63, 3.8) is 0 Å². The Labute approximate surface area is 117 Å². The zero-order valence-corrected chi connectivity index (χ0v) is 12.9. The van der Waals surface area contributed by atoms with E-state index in [2.05, 4.69) is 48.8 Å². The van der Waals surface area contributed by atoms with Gasteiger partial charge in [-0.15, -0.1) is 11.6 Å². The van der Waals surface area contributed by atoms with Crippen molar-refractivity contribution >= 4 is 27.5 Å². The Kier molecular flexibility index (Phi) is 3.86. The van der Waals surface area contributed by atoms with Crippen LogP contribution in [0.1, 0.15) is 41.8 Å². The quantitative estimate of drug-likeness (QED) is 0.704. The van der Waals surface area contributed by atoms with Crippen molar-refractivity contribution in [2.75, 3.05) is 6.61 Å². The largest absolute Gasteiger partial charge is 0.373 e. The molecule has 0 bridgehead atoms. The summed E-state index contributed by atoms with van der Waals surface area (Å²) in [6.45, 7) is 7.14. The lowest BCUT2D eigenvalue weighted by Crippen LogP contribution is -2.29. The molecule has 0 saturated carbocycles. The Morgan fingerprint density at radius 3 is 2.65 bits per heavy atom. The molecule has 2 rings (SSSR count). The van der Waals surface area contributed by atoms with Crippen molar-refractivity contribution in [2.45, 2.75) is 44.6 Å². The van der Waals surface area contributed by atoms with E-state index in [4.69, 9.17) is 16.3 Å². The molecule has 2 unspecified atom stereocenters. The van der Waals surface area contributed by atoms with Crippen LogP contribution in [0.5, 0.6) is 0 Å². The van der Waals surface area contributed by atoms with Crippen molar-refractivity contribution in [3.05, 3.63) is 33.3 Å². The minimum Gasteiger partial charge on any atom is -0.373 e. The zero-order chi connectivity index (χ0) is 12.6. The summed E-state index contributed by atoms with van der Waals surface area (Å²) in [5.41, 5.74) is 3.42. The number of hydrogen-bond acceptors (Lipinski definition) is 1. The third-order valence-electron chi connectivity index (χ3n) is 3.61. The van der Waals surface area contributed by atoms with Gasteiger partial charge in [-0.3, -0.25) is 0 Å². The molecule has 1 aliphatic heterocycles. The summed E-state index contributed by atoms with van der Waals surface area (Å²) in [6, 6.07) is 4.31. The van der Waals surface area contributed by atoms with E-state index < -0.39 is 0 Å². The van der Waals surface area contributed by atoms with Gasteiger partial charge in [0.2, 0.25) is 0 Å². The van der Waals surface area contributed by atoms with Crippen molar-refractivity contribution in [2.24, 2.45) is 0 Å². The number of alkyl halides is 1. The van der Waals surface area contributed by atoms with Crippen LogP contribution < -0.4 is 0 Å². The van der Waals surface area contributed by atoms with Gasteiger partial charge in [0.15, 0.2) is 0 Å². The van der Waals surface area contributed by atoms with Gasteiger partial charge in [0.1, 0.15) is 0 Å². The van der Waals surface area contributed by atoms with Crippen LogP contribution in [0.4, 0.5) is 0 Å². The van der Waals surface area contributed by atoms with Crippen molar-refractivity contribution < 1.29 is 4.74 Å². The Balaban J connectivity index is 2.36. The number of halogens is 2. The van der Waals surface area contributed by atoms with Gasteiger partial charge in [-0.05, 0) is 56.4 Å². The molecule has 0 spiro atoms. The predicted molar refractivity (Wildman–Crippen MR) is 75.8 cm³/mol. The highest BCUT2D eigenvalue weighted by atomic mass is 79.9. The molecular weight excluding hydrogens is 300 g/mol. The molecule has 0 amide bonds. The fourth-order valence-electron chi connectivity index (χ4n) is 2.41. The van der Waals surface area contributed by atoms with Gasteiger partial charge in [0.05, 0.1) is 11.0 Å². The monoisotopic (exact) mass is 316 g/mol. The second-order valence-electron chi connectivity index (χ2n) is 5.09. The summed E-state index contributed by atoms with van der Waals surface area (Å²) in [5.74, 6) is 0. The fraction of sp³-hybridized carbons (Fsp3) is 0.571. The smallest absolute Gasteiger partial charge is 0.0875 e. The molecule has 2 atom stereocenters. The molecule has 94 valence electrons. The standard InChI is InChI=1S/C14H18BrClO/c1-9-8-12(15)10(2)7-11(9)13(16)14(3)5-4-6-17-14/h7-8,13H,4-6H2,1-3H3. The fourth-order valence-corrected chi connectivity index (χ4v) is 3.27. The SMILES string of the molecule is Cc1cc(C(Cl)C2(C)CCCO2)c(C)cc1Br. The second-order valence-corrected chi connectivity index (χ2v) is 6.38. The van der Waals surface area contributed by atoms with E-state index in [0.29, 0.717) is 0 Å². The van der Waals surface area contributed by atoms with Gasteiger partial charge in [0.25, 0.3) is 0 Å². The van der Waals surface area contributed by atoms with E-state index in [1.807, 2.05) is 0 Å². The van der Waals surface area contributed by atoms with E-state index >= 15 is 0 Å². The van der Waals surface area contributed by atoms with Crippen LogP contribution in [0.25, 0.3) is 0 Å². The van der Waals surface area contributed by atoms with Crippen LogP contribution in [0.2, 0.25) is 0 Å². The summed E-state index contributed by atoms with van der Waals surface area (Å²) >= 11 is 10.2. The first-order valence-electron chi connectivity index (χ1n) is 5.99. The third kappa shape index (κ3) is 2.54. The topological polar surface area (TPSA) is 9.23 Å². The first-order valence-corrected chi connectivity index (χ1v) is 7.22. The van der Waals surface area contributed by atoms with Crippen LogP contribution in [-0.2, 0) is 4.74 Å². The average Bonchev–Trinajstić information content (AvgIpc) is 2.71. The molecule has 3 heteroatoms. The highest BCUT2D eigenvalue weighted by Crippen LogP contribution is 2.43.